The molecular formula is C16H25N3OS. The molecule has 1 aliphatic rings. The third kappa shape index (κ3) is 4.13. The summed E-state index contributed by atoms with van der Waals surface area (Å²) in [6.45, 7) is 4.17. The van der Waals surface area contributed by atoms with Crippen LogP contribution in [0.5, 0.6) is 0 Å². The van der Waals surface area contributed by atoms with Crippen LogP contribution < -0.4 is 10.6 Å². The summed E-state index contributed by atoms with van der Waals surface area (Å²) in [5.74, 6) is 1.07. The Labute approximate surface area is 131 Å². The quantitative estimate of drug-likeness (QED) is 0.876. The topological polar surface area (TPSA) is 54.0 Å². The third-order valence-electron chi connectivity index (χ3n) is 4.01. The first-order valence-corrected chi connectivity index (χ1v) is 8.85. The van der Waals surface area contributed by atoms with E-state index in [9.17, 15) is 4.79 Å². The molecule has 2 unspecified atom stereocenters. The number of hydrogen-bond donors (Lipinski definition) is 2. The number of amides is 1. The van der Waals surface area contributed by atoms with Gasteiger partial charge in [0, 0.05) is 29.6 Å². The van der Waals surface area contributed by atoms with Crippen molar-refractivity contribution in [3.63, 3.8) is 0 Å². The monoisotopic (exact) mass is 307 g/mol. The van der Waals surface area contributed by atoms with Crippen LogP contribution in [-0.4, -0.2) is 35.5 Å². The molecule has 0 bridgehead atoms. The van der Waals surface area contributed by atoms with Crippen LogP contribution in [0.4, 0.5) is 5.82 Å². The van der Waals surface area contributed by atoms with Crippen molar-refractivity contribution in [3.8, 4) is 0 Å². The normalized spacial score (nSPS) is 21.6. The molecule has 1 aliphatic carbocycles. The number of nitrogens with one attached hydrogen (secondary N) is 2. The Balaban J connectivity index is 2.10. The van der Waals surface area contributed by atoms with Gasteiger partial charge in [-0.1, -0.05) is 13.8 Å². The number of rotatable bonds is 5. The SMILES string of the molecule is CNc1cc(C(=O)NC2CCC(SC)C2)cc(C(C)C)n1. The van der Waals surface area contributed by atoms with Crippen LogP contribution in [0.15, 0.2) is 12.1 Å². The van der Waals surface area contributed by atoms with Crippen molar-refractivity contribution in [3.05, 3.63) is 23.4 Å². The highest BCUT2D eigenvalue weighted by molar-refractivity contribution is 7.99. The molecule has 1 heterocycles. The fourth-order valence-corrected chi connectivity index (χ4v) is 3.46. The fraction of sp³-hybridized carbons (Fsp3) is 0.625. The standard InChI is InChI=1S/C16H25N3OS/c1-10(2)14-7-11(8-15(17-3)19-14)16(20)18-12-5-6-13(9-12)21-4/h7-8,10,12-13H,5-6,9H2,1-4H3,(H,17,19)(H,18,20). The van der Waals surface area contributed by atoms with Gasteiger partial charge in [0.2, 0.25) is 0 Å². The minimum absolute atomic E-state index is 0.0163. The van der Waals surface area contributed by atoms with E-state index in [0.29, 0.717) is 22.8 Å². The van der Waals surface area contributed by atoms with Crippen LogP contribution in [0.2, 0.25) is 0 Å². The second-order valence-electron chi connectivity index (χ2n) is 5.91. The van der Waals surface area contributed by atoms with Gasteiger partial charge in [-0.25, -0.2) is 4.98 Å². The Morgan fingerprint density at radius 1 is 1.38 bits per heavy atom. The van der Waals surface area contributed by atoms with Crippen molar-refractivity contribution in [1.82, 2.24) is 10.3 Å². The smallest absolute Gasteiger partial charge is 0.251 e. The van der Waals surface area contributed by atoms with Gasteiger partial charge in [-0.05, 0) is 43.6 Å². The van der Waals surface area contributed by atoms with E-state index in [2.05, 4.69) is 35.7 Å². The van der Waals surface area contributed by atoms with E-state index in [4.69, 9.17) is 0 Å². The molecule has 2 N–H and O–H groups in total. The summed E-state index contributed by atoms with van der Waals surface area (Å²) >= 11 is 1.90. The van der Waals surface area contributed by atoms with Crippen molar-refractivity contribution in [2.45, 2.75) is 50.3 Å². The lowest BCUT2D eigenvalue weighted by atomic mass is 10.1. The summed E-state index contributed by atoms with van der Waals surface area (Å²) in [7, 11) is 1.83. The molecule has 0 saturated heterocycles. The van der Waals surface area contributed by atoms with Crippen molar-refractivity contribution < 1.29 is 4.79 Å². The number of pyridine rings is 1. The summed E-state index contributed by atoms with van der Waals surface area (Å²) in [4.78, 5) is 17.0. The van der Waals surface area contributed by atoms with Gasteiger partial charge >= 0.3 is 0 Å². The van der Waals surface area contributed by atoms with Crippen molar-refractivity contribution in [2.24, 2.45) is 0 Å². The van der Waals surface area contributed by atoms with E-state index in [0.717, 1.165) is 24.4 Å². The highest BCUT2D eigenvalue weighted by Crippen LogP contribution is 2.28. The Kier molecular flexibility index (Phi) is 5.51. The van der Waals surface area contributed by atoms with Crippen LogP contribution in [0, 0.1) is 0 Å². The van der Waals surface area contributed by atoms with Gasteiger partial charge in [-0.15, -0.1) is 0 Å². The molecule has 5 heteroatoms. The van der Waals surface area contributed by atoms with E-state index in [-0.39, 0.29) is 5.91 Å². The number of nitrogens with zero attached hydrogens (tertiary/aromatic N) is 1. The highest BCUT2D eigenvalue weighted by Gasteiger charge is 2.25. The maximum Gasteiger partial charge on any atom is 0.251 e. The fourth-order valence-electron chi connectivity index (χ4n) is 2.66. The Hall–Kier alpha value is -1.23. The number of thioether (sulfide) groups is 1. The van der Waals surface area contributed by atoms with Crippen LogP contribution in [0.25, 0.3) is 0 Å². The molecule has 0 radical (unpaired) electrons. The lowest BCUT2D eigenvalue weighted by Crippen LogP contribution is -2.33. The number of carbonyl (C=O) groups excluding carboxylic acids is 1. The summed E-state index contributed by atoms with van der Waals surface area (Å²) in [6.07, 6.45) is 5.50. The van der Waals surface area contributed by atoms with E-state index < -0.39 is 0 Å². The Morgan fingerprint density at radius 3 is 2.71 bits per heavy atom. The second-order valence-corrected chi connectivity index (χ2v) is 7.05. The summed E-state index contributed by atoms with van der Waals surface area (Å²) in [6, 6.07) is 4.04. The molecule has 1 saturated carbocycles. The lowest BCUT2D eigenvalue weighted by Gasteiger charge is -2.15. The molecule has 1 aromatic heterocycles. The van der Waals surface area contributed by atoms with Crippen LogP contribution in [-0.2, 0) is 0 Å². The summed E-state index contributed by atoms with van der Waals surface area (Å²) in [5.41, 5.74) is 1.64. The van der Waals surface area contributed by atoms with Gasteiger partial charge in [0.1, 0.15) is 5.82 Å². The summed E-state index contributed by atoms with van der Waals surface area (Å²) in [5, 5.41) is 6.89. The zero-order valence-electron chi connectivity index (χ0n) is 13.3. The molecule has 4 nitrogen and oxygen atoms in total. The van der Waals surface area contributed by atoms with Crippen LogP contribution in [0.1, 0.15) is 55.1 Å². The number of carbonyl (C=O) groups is 1. The van der Waals surface area contributed by atoms with Gasteiger partial charge in [0.15, 0.2) is 0 Å². The molecule has 2 atom stereocenters. The minimum Gasteiger partial charge on any atom is -0.373 e. The van der Waals surface area contributed by atoms with E-state index in [1.54, 1.807) is 0 Å². The first-order chi connectivity index (χ1) is 10.0. The predicted molar refractivity (Wildman–Crippen MR) is 90.3 cm³/mol. The first-order valence-electron chi connectivity index (χ1n) is 7.57. The molecule has 1 amide bonds. The van der Waals surface area contributed by atoms with E-state index in [1.807, 2.05) is 30.9 Å². The molecule has 116 valence electrons. The average molecular weight is 307 g/mol. The largest absolute Gasteiger partial charge is 0.373 e. The van der Waals surface area contributed by atoms with Crippen molar-refractivity contribution in [1.29, 1.82) is 0 Å². The summed E-state index contributed by atoms with van der Waals surface area (Å²) < 4.78 is 0. The van der Waals surface area contributed by atoms with E-state index in [1.165, 1.54) is 6.42 Å². The lowest BCUT2D eigenvalue weighted by molar-refractivity contribution is 0.0938. The van der Waals surface area contributed by atoms with Gasteiger partial charge < -0.3 is 10.6 Å². The molecule has 0 aliphatic heterocycles. The maximum atomic E-state index is 12.5. The van der Waals surface area contributed by atoms with Crippen molar-refractivity contribution in [2.75, 3.05) is 18.6 Å². The third-order valence-corrected chi connectivity index (χ3v) is 5.10. The molecular weight excluding hydrogens is 282 g/mol. The second kappa shape index (κ2) is 7.16. The van der Waals surface area contributed by atoms with Crippen LogP contribution in [0.3, 0.4) is 0 Å². The van der Waals surface area contributed by atoms with Gasteiger partial charge in [-0.2, -0.15) is 11.8 Å². The average Bonchev–Trinajstić information content (AvgIpc) is 2.94. The van der Waals surface area contributed by atoms with Gasteiger partial charge in [-0.3, -0.25) is 4.79 Å². The number of hydrogen-bond acceptors (Lipinski definition) is 4. The number of anilines is 1. The minimum atomic E-state index is 0.0163. The maximum absolute atomic E-state index is 12.5. The molecule has 2 rings (SSSR count). The molecule has 1 aromatic rings. The molecule has 0 aromatic carbocycles. The number of aromatic nitrogens is 1. The van der Waals surface area contributed by atoms with Gasteiger partial charge in [0.05, 0.1) is 0 Å². The van der Waals surface area contributed by atoms with Crippen LogP contribution >= 0.6 is 11.8 Å². The van der Waals surface area contributed by atoms with E-state index >= 15 is 0 Å². The Bertz CT molecular complexity index is 504. The Morgan fingerprint density at radius 2 is 2.14 bits per heavy atom. The molecule has 21 heavy (non-hydrogen) atoms. The highest BCUT2D eigenvalue weighted by atomic mass is 32.2. The molecule has 0 spiro atoms. The zero-order valence-corrected chi connectivity index (χ0v) is 14.1. The predicted octanol–water partition coefficient (Wildman–Crippen LogP) is 3.26. The van der Waals surface area contributed by atoms with Gasteiger partial charge in [0.25, 0.3) is 5.91 Å². The first kappa shape index (κ1) is 16.1. The molecule has 1 fully saturated rings. The van der Waals surface area contributed by atoms with Crippen molar-refractivity contribution >= 4 is 23.5 Å². The zero-order chi connectivity index (χ0) is 15.4.